The highest BCUT2D eigenvalue weighted by atomic mass is 32.2. The second-order valence-electron chi connectivity index (χ2n) is 9.98. The van der Waals surface area contributed by atoms with Gasteiger partial charge in [-0.1, -0.05) is 0 Å². The quantitative estimate of drug-likeness (QED) is 0.118. The number of hydrogen-bond donors (Lipinski definition) is 6. The van der Waals surface area contributed by atoms with E-state index in [-0.39, 0.29) is 34.0 Å². The van der Waals surface area contributed by atoms with Crippen molar-refractivity contribution < 1.29 is 50.8 Å². The average Bonchev–Trinajstić information content (AvgIpc) is 3.73. The molecule has 4 aromatic rings. The van der Waals surface area contributed by atoms with Gasteiger partial charge in [-0.25, -0.2) is 38.7 Å². The number of fused-ring (bicyclic) bond motifs is 5. The van der Waals surface area contributed by atoms with Crippen molar-refractivity contribution in [3.63, 3.8) is 0 Å². The number of hydrogen-bond acceptors (Lipinski definition) is 18. The number of anilines is 2. The molecule has 7 rings (SSSR count). The van der Waals surface area contributed by atoms with Crippen LogP contribution in [0.2, 0.25) is 0 Å². The highest BCUT2D eigenvalue weighted by Gasteiger charge is 2.53. The first-order chi connectivity index (χ1) is 20.9. The molecule has 9 atom stereocenters. The normalized spacial score (nSPS) is 36.1. The van der Waals surface area contributed by atoms with Crippen LogP contribution in [0.4, 0.5) is 11.6 Å². The second-order valence-corrected chi connectivity index (χ2v) is 12.8. The number of nitrogen functional groups attached to an aromatic ring is 2. The number of nitrogens with two attached hydrogens (primary N) is 2. The number of rotatable bonds is 2. The third-order valence-corrected chi connectivity index (χ3v) is 9.28. The van der Waals surface area contributed by atoms with Gasteiger partial charge in [0.2, 0.25) is 0 Å². The van der Waals surface area contributed by atoms with Gasteiger partial charge in [0.05, 0.1) is 19.3 Å². The standard InChI is InChI=1S/C20H24N11O11PS/c21-15-9-17(25-3-23-15)30(5-27-9)19-12(33)13-7(39-19)1-29-44(36,37)42-14-11(32)8(2-38-43(34,35)41-13)40-20(14)31-6-28-10-16(22)24-4-26-18(10)31/h3-8,11-14,19-20,29,32-33H,1-2H2,(H,34,35)(H2,21,23,25)(H2,22,24,26)/t7-,8-,11-,12-,13-,14-,19-,20-/m1/s1. The average molecular weight is 658 g/mol. The maximum atomic E-state index is 13.1. The Morgan fingerprint density at radius 3 is 2.09 bits per heavy atom. The Kier molecular flexibility index (Phi) is 7.02. The van der Waals surface area contributed by atoms with Crippen LogP contribution in [0.5, 0.6) is 0 Å². The number of aromatic nitrogens is 8. The molecular formula is C20H24N11O11PS. The molecule has 3 aliphatic heterocycles. The van der Waals surface area contributed by atoms with Gasteiger partial charge in [0.15, 0.2) is 41.5 Å². The fraction of sp³-hybridized carbons (Fsp3) is 0.500. The van der Waals surface area contributed by atoms with Crippen LogP contribution in [0.1, 0.15) is 12.5 Å². The zero-order chi connectivity index (χ0) is 31.0. The van der Waals surface area contributed by atoms with Gasteiger partial charge in [-0.05, 0) is 0 Å². The van der Waals surface area contributed by atoms with Crippen LogP contribution in [-0.2, 0) is 37.6 Å². The largest absolute Gasteiger partial charge is 0.472 e. The molecule has 236 valence electrons. The van der Waals surface area contributed by atoms with Crippen molar-refractivity contribution in [3.8, 4) is 0 Å². The fourth-order valence-corrected chi connectivity index (χ4v) is 7.16. The van der Waals surface area contributed by atoms with E-state index in [1.807, 2.05) is 0 Å². The van der Waals surface area contributed by atoms with E-state index in [0.29, 0.717) is 0 Å². The third-order valence-electron chi connectivity index (χ3n) is 7.30. The summed E-state index contributed by atoms with van der Waals surface area (Å²) in [6.07, 6.45) is -7.30. The first-order valence-corrected chi connectivity index (χ1v) is 15.7. The summed E-state index contributed by atoms with van der Waals surface area (Å²) in [6.45, 7) is -1.39. The number of phosphoric ester groups is 1. The molecule has 0 amide bonds. The van der Waals surface area contributed by atoms with E-state index < -0.39 is 80.4 Å². The van der Waals surface area contributed by atoms with E-state index in [1.54, 1.807) is 0 Å². The Labute approximate surface area is 245 Å². The predicted octanol–water partition coefficient (Wildman–Crippen LogP) is -2.92. The van der Waals surface area contributed by atoms with Gasteiger partial charge < -0.3 is 36.0 Å². The molecule has 3 fully saturated rings. The summed E-state index contributed by atoms with van der Waals surface area (Å²) in [5.41, 5.74) is 12.3. The molecule has 2 bridgehead atoms. The van der Waals surface area contributed by atoms with Crippen LogP contribution < -0.4 is 16.2 Å². The van der Waals surface area contributed by atoms with Crippen molar-refractivity contribution in [2.75, 3.05) is 24.6 Å². The molecule has 0 spiro atoms. The maximum Gasteiger partial charge on any atom is 0.472 e. The third kappa shape index (κ3) is 4.96. The van der Waals surface area contributed by atoms with Crippen molar-refractivity contribution >= 4 is 52.1 Å². The Balaban J connectivity index is 1.20. The number of nitrogens with one attached hydrogen (secondary N) is 1. The number of aliphatic hydroxyl groups is 2. The Bertz CT molecular complexity index is 1890. The molecule has 22 nitrogen and oxygen atoms in total. The SMILES string of the molecule is Nc1ncnc2c1ncn2[C@@H]1O[C@@H]2CNS(=O)(=O)O[C@@H]3[C@H](O)[C@@H](COP(=O)(O)O[C@H]2[C@H]1O)O[C@H]3n1cnc2c(N)ncnc21. The molecule has 44 heavy (non-hydrogen) atoms. The lowest BCUT2D eigenvalue weighted by atomic mass is 10.1. The van der Waals surface area contributed by atoms with Gasteiger partial charge >= 0.3 is 18.1 Å². The van der Waals surface area contributed by atoms with Gasteiger partial charge in [-0.15, -0.1) is 0 Å². The molecule has 8 N–H and O–H groups in total. The number of nitrogens with zero attached hydrogens (tertiary/aromatic N) is 8. The lowest BCUT2D eigenvalue weighted by Crippen LogP contribution is -2.44. The summed E-state index contributed by atoms with van der Waals surface area (Å²) in [6, 6.07) is 0. The van der Waals surface area contributed by atoms with Crippen molar-refractivity contribution in [1.29, 1.82) is 0 Å². The Hall–Kier alpha value is -3.48. The lowest BCUT2D eigenvalue weighted by molar-refractivity contribution is -0.0542. The predicted molar refractivity (Wildman–Crippen MR) is 142 cm³/mol. The zero-order valence-corrected chi connectivity index (χ0v) is 23.7. The molecular weight excluding hydrogens is 633 g/mol. The summed E-state index contributed by atoms with van der Waals surface area (Å²) in [4.78, 5) is 34.7. The first-order valence-electron chi connectivity index (χ1n) is 12.8. The maximum absolute atomic E-state index is 13.1. The van der Waals surface area contributed by atoms with Crippen LogP contribution in [0.15, 0.2) is 25.3 Å². The topological polar surface area (TPSA) is 309 Å². The second kappa shape index (κ2) is 10.6. The van der Waals surface area contributed by atoms with Crippen molar-refractivity contribution in [3.05, 3.63) is 25.3 Å². The van der Waals surface area contributed by atoms with Crippen molar-refractivity contribution in [1.82, 2.24) is 43.8 Å². The molecule has 4 aromatic heterocycles. The molecule has 0 radical (unpaired) electrons. The van der Waals surface area contributed by atoms with E-state index >= 15 is 0 Å². The van der Waals surface area contributed by atoms with Gasteiger partial charge in [-0.3, -0.25) is 18.2 Å². The summed E-state index contributed by atoms with van der Waals surface area (Å²) < 4.78 is 71.5. The minimum atomic E-state index is -5.01. The molecule has 0 saturated carbocycles. The van der Waals surface area contributed by atoms with Crippen LogP contribution in [0.25, 0.3) is 22.3 Å². The molecule has 0 aromatic carbocycles. The first kappa shape index (κ1) is 29.2. The number of phosphoric acid groups is 1. The van der Waals surface area contributed by atoms with Crippen LogP contribution >= 0.6 is 7.82 Å². The fourth-order valence-electron chi connectivity index (χ4n) is 5.26. The van der Waals surface area contributed by atoms with Gasteiger partial charge in [0.25, 0.3) is 0 Å². The monoisotopic (exact) mass is 657 g/mol. The molecule has 24 heteroatoms. The van der Waals surface area contributed by atoms with Crippen LogP contribution in [0, 0.1) is 0 Å². The smallest absolute Gasteiger partial charge is 0.387 e. The number of imidazole rings is 2. The van der Waals surface area contributed by atoms with E-state index in [9.17, 15) is 28.1 Å². The summed E-state index contributed by atoms with van der Waals surface area (Å²) in [5, 5.41) is 22.1. The van der Waals surface area contributed by atoms with Crippen LogP contribution in [-0.4, -0.2) is 112 Å². The van der Waals surface area contributed by atoms with Crippen LogP contribution in [0.3, 0.4) is 0 Å². The van der Waals surface area contributed by atoms with E-state index in [0.717, 1.165) is 12.7 Å². The molecule has 7 heterocycles. The van der Waals surface area contributed by atoms with E-state index in [4.69, 9.17) is 34.2 Å². The Morgan fingerprint density at radius 1 is 0.864 bits per heavy atom. The zero-order valence-electron chi connectivity index (χ0n) is 22.0. The Morgan fingerprint density at radius 2 is 1.45 bits per heavy atom. The summed E-state index contributed by atoms with van der Waals surface area (Å²) in [7, 11) is -9.71. The van der Waals surface area contributed by atoms with Gasteiger partial charge in [0.1, 0.15) is 54.2 Å². The van der Waals surface area contributed by atoms with Crippen molar-refractivity contribution in [2.45, 2.75) is 49.1 Å². The van der Waals surface area contributed by atoms with E-state index in [1.165, 1.54) is 21.8 Å². The highest BCUT2D eigenvalue weighted by molar-refractivity contribution is 7.84. The van der Waals surface area contributed by atoms with E-state index in [2.05, 4.69) is 34.6 Å². The minimum Gasteiger partial charge on any atom is -0.387 e. The summed E-state index contributed by atoms with van der Waals surface area (Å²) >= 11 is 0. The molecule has 3 aliphatic rings. The number of ether oxygens (including phenoxy) is 2. The number of aliphatic hydroxyl groups excluding tert-OH is 2. The molecule has 1 unspecified atom stereocenters. The van der Waals surface area contributed by atoms with Crippen molar-refractivity contribution in [2.24, 2.45) is 0 Å². The molecule has 0 aliphatic carbocycles. The highest BCUT2D eigenvalue weighted by Crippen LogP contribution is 2.49. The minimum absolute atomic E-state index is 0.0330. The summed E-state index contributed by atoms with van der Waals surface area (Å²) in [5.74, 6) is 0.0841. The lowest BCUT2D eigenvalue weighted by Gasteiger charge is -2.24. The van der Waals surface area contributed by atoms with Gasteiger partial charge in [0, 0.05) is 6.54 Å². The van der Waals surface area contributed by atoms with Gasteiger partial charge in [-0.2, -0.15) is 13.1 Å². The molecule has 3 saturated heterocycles.